The highest BCUT2D eigenvalue weighted by Gasteiger charge is 2.60. The number of carbonyl (C=O) groups excluding carboxylic acids is 2. The van der Waals surface area contributed by atoms with Gasteiger partial charge in [-0.25, -0.2) is 9.48 Å². The molecule has 24 nitrogen and oxygen atoms in total. The zero-order valence-corrected chi connectivity index (χ0v) is 28.1. The molecule has 1 aromatic rings. The van der Waals surface area contributed by atoms with Crippen LogP contribution in [-0.4, -0.2) is 200 Å². The zero-order valence-electron chi connectivity index (χ0n) is 28.1. The summed E-state index contributed by atoms with van der Waals surface area (Å²) in [5.74, 6) is -6.20. The van der Waals surface area contributed by atoms with Gasteiger partial charge in [0.05, 0.1) is 44.7 Å². The average molecular weight is 768 g/mol. The second kappa shape index (κ2) is 17.9. The number of carboxylic acid groups (broad SMARTS) is 1. The molecule has 3 aliphatic rings. The number of aromatic nitrogens is 3. The van der Waals surface area contributed by atoms with Crippen LogP contribution in [0.3, 0.4) is 0 Å². The molecule has 24 heteroatoms. The third-order valence-corrected chi connectivity index (χ3v) is 8.91. The second-order valence-corrected chi connectivity index (χ2v) is 12.6. The Labute approximate surface area is 299 Å². The molecular weight excluding hydrogens is 722 g/mol. The van der Waals surface area contributed by atoms with Gasteiger partial charge >= 0.3 is 5.97 Å². The molecule has 16 atom stereocenters. The van der Waals surface area contributed by atoms with Crippen molar-refractivity contribution < 1.29 is 94.2 Å². The molecular formula is C29H45N5O19. The van der Waals surface area contributed by atoms with Gasteiger partial charge in [0.25, 0.3) is 5.79 Å². The maximum Gasteiger partial charge on any atom is 0.364 e. The first kappa shape index (κ1) is 42.4. The summed E-state index contributed by atoms with van der Waals surface area (Å²) in [6.45, 7) is 1.35. The first-order chi connectivity index (χ1) is 25.0. The number of carbonyl (C=O) groups is 3. The highest BCUT2D eigenvalue weighted by molar-refractivity contribution is 5.86. The van der Waals surface area contributed by atoms with E-state index in [0.717, 1.165) is 17.7 Å². The summed E-state index contributed by atoms with van der Waals surface area (Å²) in [6.07, 6.45) is -24.9. The van der Waals surface area contributed by atoms with Crippen molar-refractivity contribution in [1.82, 2.24) is 25.6 Å². The highest BCUT2D eigenvalue weighted by atomic mass is 16.8. The summed E-state index contributed by atoms with van der Waals surface area (Å²) < 4.78 is 29.1. The number of aliphatic carboxylic acids is 1. The van der Waals surface area contributed by atoms with Crippen LogP contribution in [0.4, 0.5) is 0 Å². The van der Waals surface area contributed by atoms with Crippen LogP contribution >= 0.6 is 0 Å². The number of nitrogens with one attached hydrogen (secondary N) is 2. The third kappa shape index (κ3) is 9.15. The van der Waals surface area contributed by atoms with Crippen molar-refractivity contribution in [3.63, 3.8) is 0 Å². The molecule has 4 rings (SSSR count). The number of aliphatic hydroxyl groups excluding tert-OH is 10. The predicted octanol–water partition coefficient (Wildman–Crippen LogP) is -7.95. The Morgan fingerprint density at radius 3 is 2.26 bits per heavy atom. The lowest BCUT2D eigenvalue weighted by atomic mass is 9.88. The summed E-state index contributed by atoms with van der Waals surface area (Å²) in [7, 11) is 0. The molecule has 0 spiro atoms. The van der Waals surface area contributed by atoms with Crippen molar-refractivity contribution in [2.45, 2.75) is 117 Å². The third-order valence-electron chi connectivity index (χ3n) is 8.91. The van der Waals surface area contributed by atoms with Gasteiger partial charge in [-0.15, -0.1) is 5.10 Å². The van der Waals surface area contributed by atoms with E-state index in [2.05, 4.69) is 27.5 Å². The Kier molecular flexibility index (Phi) is 14.3. The summed E-state index contributed by atoms with van der Waals surface area (Å²) in [4.78, 5) is 35.9. The molecule has 13 N–H and O–H groups in total. The van der Waals surface area contributed by atoms with Crippen molar-refractivity contribution in [3.8, 4) is 0 Å². The van der Waals surface area contributed by atoms with Crippen molar-refractivity contribution in [1.29, 1.82) is 0 Å². The summed E-state index contributed by atoms with van der Waals surface area (Å²) in [5, 5.41) is 128. The summed E-state index contributed by atoms with van der Waals surface area (Å²) >= 11 is 0. The standard InChI is InChI=1S/C29H45N5O19/c1-3-16(41)30-5-11-6-34(33-32-11)26-21(45)19(43)23(14(8-36)49-26)51-27-22(46)20(44)24(15(9-37)50-27)52-29(28(47)48)4-12(39)17(31-10(2)38)25(53-29)18(42)13(40)7-35/h3,6,12-15,17-27,35-37,39-40,42-46H,1,4-5,7-9H2,2H3,(H,30,41)(H,31,38)(H,47,48)/t12-,13+,14+,15+,17+,18+,19+,20-,21+,22+,23+,24-,25+,26+,27-,29+/m0/s1. The van der Waals surface area contributed by atoms with Crippen molar-refractivity contribution in [2.75, 3.05) is 19.8 Å². The van der Waals surface area contributed by atoms with Crippen LogP contribution < -0.4 is 10.6 Å². The molecule has 0 radical (unpaired) electrons. The van der Waals surface area contributed by atoms with E-state index >= 15 is 0 Å². The molecule has 0 unspecified atom stereocenters. The van der Waals surface area contributed by atoms with Crippen LogP contribution in [0, 0.1) is 0 Å². The second-order valence-electron chi connectivity index (χ2n) is 12.6. The molecule has 3 fully saturated rings. The molecule has 0 bridgehead atoms. The lowest BCUT2D eigenvalue weighted by Gasteiger charge is -2.50. The lowest BCUT2D eigenvalue weighted by molar-refractivity contribution is -0.381. The summed E-state index contributed by atoms with van der Waals surface area (Å²) in [6, 6.07) is -1.54. The van der Waals surface area contributed by atoms with Gasteiger partial charge in [0.1, 0.15) is 72.8 Å². The maximum absolute atomic E-state index is 12.6. The highest BCUT2D eigenvalue weighted by Crippen LogP contribution is 2.38. The number of hydrogen-bond donors (Lipinski definition) is 13. The minimum absolute atomic E-state index is 0.0748. The predicted molar refractivity (Wildman–Crippen MR) is 165 cm³/mol. The van der Waals surface area contributed by atoms with Gasteiger partial charge in [-0.05, 0) is 6.08 Å². The van der Waals surface area contributed by atoms with Crippen LogP contribution in [0.25, 0.3) is 0 Å². The van der Waals surface area contributed by atoms with Crippen molar-refractivity contribution in [3.05, 3.63) is 24.5 Å². The van der Waals surface area contributed by atoms with E-state index in [1.165, 1.54) is 6.20 Å². The number of amides is 2. The number of rotatable bonds is 15. The first-order valence-electron chi connectivity index (χ1n) is 16.2. The fourth-order valence-corrected chi connectivity index (χ4v) is 6.16. The fourth-order valence-electron chi connectivity index (χ4n) is 6.16. The smallest absolute Gasteiger partial charge is 0.364 e. The Balaban J connectivity index is 1.52. The number of aliphatic hydroxyl groups is 10. The van der Waals surface area contributed by atoms with E-state index in [1.807, 2.05) is 0 Å². The van der Waals surface area contributed by atoms with Crippen LogP contribution in [0.1, 0.15) is 25.3 Å². The Bertz CT molecular complexity index is 1420. The molecule has 300 valence electrons. The zero-order chi connectivity index (χ0) is 39.4. The van der Waals surface area contributed by atoms with Gasteiger partial charge in [-0.2, -0.15) is 0 Å². The number of ether oxygens (including phenoxy) is 5. The topological polar surface area (TPSA) is 375 Å². The van der Waals surface area contributed by atoms with Gasteiger partial charge in [-0.1, -0.05) is 11.8 Å². The minimum Gasteiger partial charge on any atom is -0.477 e. The first-order valence-corrected chi connectivity index (χ1v) is 16.2. The van der Waals surface area contributed by atoms with Gasteiger partial charge in [0.15, 0.2) is 12.5 Å². The number of carboxylic acids is 1. The maximum atomic E-state index is 12.6. The molecule has 53 heavy (non-hydrogen) atoms. The van der Waals surface area contributed by atoms with Gasteiger partial charge in [-0.3, -0.25) is 9.59 Å². The molecule has 2 amide bonds. The molecule has 4 heterocycles. The van der Waals surface area contributed by atoms with Crippen molar-refractivity contribution in [2.24, 2.45) is 0 Å². The van der Waals surface area contributed by atoms with E-state index < -0.39 is 142 Å². The van der Waals surface area contributed by atoms with Crippen LogP contribution in [0.15, 0.2) is 18.9 Å². The van der Waals surface area contributed by atoms with Crippen molar-refractivity contribution >= 4 is 17.8 Å². The van der Waals surface area contributed by atoms with E-state index in [9.17, 15) is 70.6 Å². The Morgan fingerprint density at radius 2 is 1.68 bits per heavy atom. The Morgan fingerprint density at radius 1 is 1.04 bits per heavy atom. The number of nitrogens with zero attached hydrogens (tertiary/aromatic N) is 3. The van der Waals surface area contributed by atoms with E-state index in [4.69, 9.17) is 23.7 Å². The van der Waals surface area contributed by atoms with E-state index in [-0.39, 0.29) is 12.2 Å². The fraction of sp³-hybridized carbons (Fsp3) is 0.759. The number of hydrogen-bond acceptors (Lipinski definition) is 20. The SMILES string of the molecule is C=CC(=O)NCc1cn([C@@H]2O[C@H](CO)[C@@H](O[C@@H]3O[C@H](CO)[C@H](O[C@]4(C(=O)O)C[C@H](O)[C@@H](NC(C)=O)[C@H]([C@H](O)[C@H](O)CO)O4)[C@@H](O)[C@H]3O)[C@H](O)[C@H]2O)nn1. The lowest BCUT2D eigenvalue weighted by Crippen LogP contribution is -2.70. The van der Waals surface area contributed by atoms with Gasteiger partial charge < -0.3 is 90.5 Å². The van der Waals surface area contributed by atoms with E-state index in [0.29, 0.717) is 0 Å². The quantitative estimate of drug-likeness (QED) is 0.0737. The monoisotopic (exact) mass is 767 g/mol. The molecule has 0 saturated carbocycles. The van der Waals surface area contributed by atoms with Gasteiger partial charge in [0.2, 0.25) is 11.8 Å². The molecule has 1 aromatic heterocycles. The van der Waals surface area contributed by atoms with Crippen LogP contribution in [0.5, 0.6) is 0 Å². The molecule has 0 aromatic carbocycles. The molecule has 3 aliphatic heterocycles. The molecule has 0 aliphatic carbocycles. The van der Waals surface area contributed by atoms with Gasteiger partial charge in [0, 0.05) is 13.3 Å². The Hall–Kier alpha value is -3.31. The summed E-state index contributed by atoms with van der Waals surface area (Å²) in [5.41, 5.74) is 0.226. The molecule has 3 saturated heterocycles. The largest absolute Gasteiger partial charge is 0.477 e. The normalized spacial score (nSPS) is 38.7. The van der Waals surface area contributed by atoms with Crippen LogP contribution in [-0.2, 0) is 44.6 Å². The van der Waals surface area contributed by atoms with Crippen LogP contribution in [0.2, 0.25) is 0 Å². The average Bonchev–Trinajstić information content (AvgIpc) is 3.61. The van der Waals surface area contributed by atoms with E-state index in [1.54, 1.807) is 0 Å². The minimum atomic E-state index is -3.00.